The highest BCUT2D eigenvalue weighted by Gasteiger charge is 2.15. The van der Waals surface area contributed by atoms with Gasteiger partial charge in [-0.2, -0.15) is 0 Å². The molecule has 0 heterocycles. The van der Waals surface area contributed by atoms with Crippen molar-refractivity contribution in [3.8, 4) is 0 Å². The van der Waals surface area contributed by atoms with E-state index >= 15 is 0 Å². The summed E-state index contributed by atoms with van der Waals surface area (Å²) < 4.78 is 9.43. The zero-order valence-corrected chi connectivity index (χ0v) is 11.0. The first-order valence-corrected chi connectivity index (χ1v) is 5.95. The van der Waals surface area contributed by atoms with Crippen molar-refractivity contribution >= 4 is 18.2 Å². The summed E-state index contributed by atoms with van der Waals surface area (Å²) >= 11 is 0. The molecule has 0 fully saturated rings. The average Bonchev–Trinajstić information content (AvgIpc) is 2.44. The van der Waals surface area contributed by atoms with Crippen LogP contribution < -0.4 is 0 Å². The minimum atomic E-state index is -0.537. The number of rotatable bonds is 6. The lowest BCUT2D eigenvalue weighted by molar-refractivity contribution is -0.140. The number of methoxy groups -OCH3 is 1. The minimum Gasteiger partial charge on any atom is -0.469 e. The summed E-state index contributed by atoms with van der Waals surface area (Å²) in [4.78, 5) is 33.9. The maximum Gasteiger partial charge on any atom is 0.338 e. The Labute approximate surface area is 111 Å². The van der Waals surface area contributed by atoms with Gasteiger partial charge in [0.2, 0.25) is 0 Å². The van der Waals surface area contributed by atoms with Crippen LogP contribution in [0.5, 0.6) is 0 Å². The average molecular weight is 264 g/mol. The monoisotopic (exact) mass is 264 g/mol. The minimum absolute atomic E-state index is 0.156. The lowest BCUT2D eigenvalue weighted by Crippen LogP contribution is -2.11. The van der Waals surface area contributed by atoms with Crippen molar-refractivity contribution in [1.29, 1.82) is 0 Å². The number of hydrogen-bond donors (Lipinski definition) is 0. The summed E-state index contributed by atoms with van der Waals surface area (Å²) in [5.41, 5.74) is 1.12. The van der Waals surface area contributed by atoms with E-state index in [-0.39, 0.29) is 30.1 Å². The second-order valence-electron chi connectivity index (χ2n) is 3.79. The molecule has 1 aromatic rings. The fraction of sp³-hybridized carbons (Fsp3) is 0.357. The predicted octanol–water partition coefficient (Wildman–Crippen LogP) is 1.78. The summed E-state index contributed by atoms with van der Waals surface area (Å²) in [5.74, 6) is -0.900. The smallest absolute Gasteiger partial charge is 0.338 e. The van der Waals surface area contributed by atoms with Crippen LogP contribution in [0.2, 0.25) is 0 Å². The predicted molar refractivity (Wildman–Crippen MR) is 68.1 cm³/mol. The Balaban J connectivity index is 2.99. The molecule has 0 saturated carbocycles. The molecule has 0 aliphatic carbocycles. The molecule has 19 heavy (non-hydrogen) atoms. The Hall–Kier alpha value is -2.17. The van der Waals surface area contributed by atoms with Gasteiger partial charge in [0.15, 0.2) is 6.29 Å². The van der Waals surface area contributed by atoms with Crippen LogP contribution >= 0.6 is 0 Å². The van der Waals surface area contributed by atoms with Crippen molar-refractivity contribution in [2.75, 3.05) is 13.7 Å². The van der Waals surface area contributed by atoms with Crippen molar-refractivity contribution in [3.05, 3.63) is 34.9 Å². The van der Waals surface area contributed by atoms with Gasteiger partial charge in [0.25, 0.3) is 0 Å². The second-order valence-corrected chi connectivity index (χ2v) is 3.79. The van der Waals surface area contributed by atoms with Crippen molar-refractivity contribution in [3.63, 3.8) is 0 Å². The van der Waals surface area contributed by atoms with Crippen LogP contribution in [-0.2, 0) is 20.7 Å². The first-order chi connectivity index (χ1) is 9.13. The molecule has 0 amide bonds. The molecule has 1 aromatic carbocycles. The molecule has 0 aromatic heterocycles. The van der Waals surface area contributed by atoms with Crippen LogP contribution in [0, 0.1) is 0 Å². The highest BCUT2D eigenvalue weighted by atomic mass is 16.5. The summed E-state index contributed by atoms with van der Waals surface area (Å²) in [6, 6.07) is 4.89. The van der Waals surface area contributed by atoms with Gasteiger partial charge in [-0.3, -0.25) is 9.59 Å². The maximum absolute atomic E-state index is 11.7. The zero-order valence-electron chi connectivity index (χ0n) is 11.0. The third-order valence-corrected chi connectivity index (χ3v) is 2.64. The highest BCUT2D eigenvalue weighted by Crippen LogP contribution is 2.16. The van der Waals surface area contributed by atoms with Gasteiger partial charge in [-0.15, -0.1) is 0 Å². The summed E-state index contributed by atoms with van der Waals surface area (Å²) in [7, 11) is 1.30. The Morgan fingerprint density at radius 3 is 2.63 bits per heavy atom. The fourth-order valence-corrected chi connectivity index (χ4v) is 1.70. The van der Waals surface area contributed by atoms with Gasteiger partial charge in [-0.1, -0.05) is 12.1 Å². The molecule has 102 valence electrons. The Kier molecular flexibility index (Phi) is 5.73. The van der Waals surface area contributed by atoms with Crippen LogP contribution in [-0.4, -0.2) is 31.9 Å². The molecule has 0 unspecified atom stereocenters. The van der Waals surface area contributed by atoms with Gasteiger partial charge in [0, 0.05) is 12.0 Å². The van der Waals surface area contributed by atoms with Crippen LogP contribution in [0.1, 0.15) is 39.6 Å². The Morgan fingerprint density at radius 1 is 1.32 bits per heavy atom. The number of carbonyl (C=O) groups is 3. The molecule has 0 spiro atoms. The van der Waals surface area contributed by atoms with Crippen molar-refractivity contribution < 1.29 is 23.9 Å². The van der Waals surface area contributed by atoms with E-state index in [2.05, 4.69) is 4.74 Å². The van der Waals surface area contributed by atoms with E-state index in [0.717, 1.165) is 0 Å². The molecule has 5 nitrogen and oxygen atoms in total. The Morgan fingerprint density at radius 2 is 2.05 bits per heavy atom. The highest BCUT2D eigenvalue weighted by molar-refractivity contribution is 5.99. The Bertz CT molecular complexity index is 479. The van der Waals surface area contributed by atoms with Crippen molar-refractivity contribution in [1.82, 2.24) is 0 Å². The van der Waals surface area contributed by atoms with Crippen LogP contribution in [0.25, 0.3) is 0 Å². The van der Waals surface area contributed by atoms with Gasteiger partial charge >= 0.3 is 11.9 Å². The molecule has 0 bridgehead atoms. The summed E-state index contributed by atoms with van der Waals surface area (Å²) in [6.07, 6.45) is 1.11. The van der Waals surface area contributed by atoms with E-state index < -0.39 is 5.97 Å². The van der Waals surface area contributed by atoms with E-state index in [1.807, 2.05) is 0 Å². The molecule has 0 radical (unpaired) electrons. The van der Waals surface area contributed by atoms with Gasteiger partial charge in [-0.25, -0.2) is 4.79 Å². The van der Waals surface area contributed by atoms with Crippen LogP contribution in [0.3, 0.4) is 0 Å². The molecule has 0 aliphatic heterocycles. The number of carbonyl (C=O) groups excluding carboxylic acids is 3. The summed E-state index contributed by atoms with van der Waals surface area (Å²) in [5, 5.41) is 0. The molecule has 5 heteroatoms. The van der Waals surface area contributed by atoms with Gasteiger partial charge in [0.05, 0.1) is 19.3 Å². The van der Waals surface area contributed by atoms with E-state index in [1.54, 1.807) is 19.1 Å². The molecular weight excluding hydrogens is 248 g/mol. The van der Waals surface area contributed by atoms with E-state index in [1.165, 1.54) is 13.2 Å². The first-order valence-electron chi connectivity index (χ1n) is 5.95. The maximum atomic E-state index is 11.7. The van der Waals surface area contributed by atoms with E-state index in [0.29, 0.717) is 18.3 Å². The quantitative estimate of drug-likeness (QED) is 0.578. The SMILES string of the molecule is CCOC(=O)c1cccc(CCC(=O)OC)c1C=O. The van der Waals surface area contributed by atoms with Crippen molar-refractivity contribution in [2.45, 2.75) is 19.8 Å². The van der Waals surface area contributed by atoms with Gasteiger partial charge in [0.1, 0.15) is 0 Å². The largest absolute Gasteiger partial charge is 0.469 e. The zero-order chi connectivity index (χ0) is 14.3. The van der Waals surface area contributed by atoms with Gasteiger partial charge < -0.3 is 9.47 Å². The van der Waals surface area contributed by atoms with Crippen LogP contribution in [0.15, 0.2) is 18.2 Å². The molecular formula is C14H16O5. The van der Waals surface area contributed by atoms with Crippen LogP contribution in [0.4, 0.5) is 0 Å². The number of hydrogen-bond acceptors (Lipinski definition) is 5. The molecule has 0 saturated heterocycles. The number of aldehydes is 1. The number of benzene rings is 1. The number of esters is 2. The standard InChI is InChI=1S/C14H16O5/c1-3-19-14(17)11-6-4-5-10(12(11)9-15)7-8-13(16)18-2/h4-6,9H,3,7-8H2,1-2H3. The van der Waals surface area contributed by atoms with E-state index in [4.69, 9.17) is 4.74 Å². The third kappa shape index (κ3) is 3.91. The fourth-order valence-electron chi connectivity index (χ4n) is 1.70. The normalized spacial score (nSPS) is 9.79. The molecule has 0 N–H and O–H groups in total. The third-order valence-electron chi connectivity index (χ3n) is 2.64. The lowest BCUT2D eigenvalue weighted by Gasteiger charge is -2.09. The number of aryl methyl sites for hydroxylation is 1. The summed E-state index contributed by atoms with van der Waals surface area (Å²) in [6.45, 7) is 1.93. The van der Waals surface area contributed by atoms with E-state index in [9.17, 15) is 14.4 Å². The topological polar surface area (TPSA) is 69.7 Å². The van der Waals surface area contributed by atoms with Gasteiger partial charge in [-0.05, 0) is 25.0 Å². The van der Waals surface area contributed by atoms with Crippen molar-refractivity contribution in [2.24, 2.45) is 0 Å². The second kappa shape index (κ2) is 7.31. The lowest BCUT2D eigenvalue weighted by atomic mass is 9.98. The molecule has 1 rings (SSSR count). The molecule has 0 atom stereocenters. The molecule has 0 aliphatic rings. The first kappa shape index (κ1) is 14.9. The number of ether oxygens (including phenoxy) is 2.